The van der Waals surface area contributed by atoms with Crippen molar-refractivity contribution in [1.82, 2.24) is 9.38 Å². The lowest BCUT2D eigenvalue weighted by Gasteiger charge is -2.33. The van der Waals surface area contributed by atoms with Gasteiger partial charge in [0, 0.05) is 18.9 Å². The predicted molar refractivity (Wildman–Crippen MR) is 121 cm³/mol. The molecule has 5 rings (SSSR count). The molecule has 5 nitrogen and oxygen atoms in total. The lowest BCUT2D eigenvalue weighted by Crippen LogP contribution is -2.21. The van der Waals surface area contributed by atoms with Gasteiger partial charge in [-0.3, -0.25) is 0 Å². The fraction of sp³-hybridized carbons (Fsp3) is 0.500. The molecule has 0 spiro atoms. The SMILES string of the molecule is COCCOc1ccc(C2CCC([C@H](O)c3c(C4CC4)ccn4cncc34)CC2)cc1. The standard InChI is InChI=1S/C26H32N2O3/c1-30-14-15-31-22-10-8-19(9-11-22)18-2-6-21(7-3-18)26(29)25-23(20-4-5-20)12-13-28-17-27-16-24(25)28/h8-13,16-18,20-21,26,29H,2-7,14-15H2,1H3/t18?,21?,26-/m0/s1. The van der Waals surface area contributed by atoms with Crippen LogP contribution in [-0.2, 0) is 4.74 Å². The summed E-state index contributed by atoms with van der Waals surface area (Å²) < 4.78 is 12.8. The number of aliphatic hydroxyl groups excluding tert-OH is 1. The molecule has 2 aromatic heterocycles. The van der Waals surface area contributed by atoms with E-state index in [4.69, 9.17) is 9.47 Å². The van der Waals surface area contributed by atoms with Crippen LogP contribution in [0.5, 0.6) is 5.75 Å². The first-order valence-corrected chi connectivity index (χ1v) is 11.6. The molecular weight excluding hydrogens is 388 g/mol. The third-order valence-corrected chi connectivity index (χ3v) is 7.11. The normalized spacial score (nSPS) is 22.5. The van der Waals surface area contributed by atoms with E-state index < -0.39 is 6.10 Å². The highest BCUT2D eigenvalue weighted by molar-refractivity contribution is 5.59. The van der Waals surface area contributed by atoms with Crippen LogP contribution in [0.3, 0.4) is 0 Å². The van der Waals surface area contributed by atoms with Crippen LogP contribution in [0.1, 0.15) is 73.2 Å². The number of hydrogen-bond donors (Lipinski definition) is 1. The highest BCUT2D eigenvalue weighted by Crippen LogP contribution is 2.48. The van der Waals surface area contributed by atoms with Crippen LogP contribution < -0.4 is 4.74 Å². The first-order valence-electron chi connectivity index (χ1n) is 11.6. The van der Waals surface area contributed by atoms with Crippen LogP contribution in [0, 0.1) is 5.92 Å². The van der Waals surface area contributed by atoms with Crippen molar-refractivity contribution in [2.45, 2.75) is 56.5 Å². The highest BCUT2D eigenvalue weighted by Gasteiger charge is 2.34. The molecule has 1 atom stereocenters. The van der Waals surface area contributed by atoms with Crippen LogP contribution in [0.25, 0.3) is 5.52 Å². The van der Waals surface area contributed by atoms with Gasteiger partial charge in [-0.2, -0.15) is 0 Å². The van der Waals surface area contributed by atoms with E-state index in [2.05, 4.69) is 41.5 Å². The Morgan fingerprint density at radius 3 is 2.45 bits per heavy atom. The zero-order valence-electron chi connectivity index (χ0n) is 18.2. The van der Waals surface area contributed by atoms with Crippen molar-refractivity contribution in [3.05, 3.63) is 65.7 Å². The summed E-state index contributed by atoms with van der Waals surface area (Å²) in [5.74, 6) is 2.38. The van der Waals surface area contributed by atoms with Crippen LogP contribution >= 0.6 is 0 Å². The maximum Gasteiger partial charge on any atom is 0.119 e. The fourth-order valence-electron chi connectivity index (χ4n) is 5.19. The lowest BCUT2D eigenvalue weighted by atomic mass is 9.75. The topological polar surface area (TPSA) is 56.0 Å². The smallest absolute Gasteiger partial charge is 0.119 e. The minimum absolute atomic E-state index is 0.312. The molecule has 2 fully saturated rings. The first kappa shape index (κ1) is 20.5. The molecule has 2 saturated carbocycles. The van der Waals surface area contributed by atoms with Gasteiger partial charge >= 0.3 is 0 Å². The van der Waals surface area contributed by atoms with E-state index in [9.17, 15) is 5.11 Å². The van der Waals surface area contributed by atoms with Gasteiger partial charge in [0.1, 0.15) is 12.4 Å². The second kappa shape index (κ2) is 9.01. The molecule has 2 aliphatic carbocycles. The van der Waals surface area contributed by atoms with Crippen molar-refractivity contribution in [1.29, 1.82) is 0 Å². The largest absolute Gasteiger partial charge is 0.491 e. The Balaban J connectivity index is 1.25. The number of nitrogens with zero attached hydrogens (tertiary/aromatic N) is 2. The van der Waals surface area contributed by atoms with Gasteiger partial charge in [0.05, 0.1) is 30.8 Å². The maximum atomic E-state index is 11.4. The first-order chi connectivity index (χ1) is 15.2. The Bertz CT molecular complexity index is 1000. The predicted octanol–water partition coefficient (Wildman–Crippen LogP) is 5.24. The van der Waals surface area contributed by atoms with Gasteiger partial charge in [0.25, 0.3) is 0 Å². The second-order valence-electron chi connectivity index (χ2n) is 9.11. The molecule has 0 unspecified atom stereocenters. The molecule has 0 radical (unpaired) electrons. The number of aliphatic hydroxyl groups is 1. The van der Waals surface area contributed by atoms with Crippen molar-refractivity contribution < 1.29 is 14.6 Å². The van der Waals surface area contributed by atoms with E-state index in [-0.39, 0.29) is 0 Å². The molecule has 2 heterocycles. The summed E-state index contributed by atoms with van der Waals surface area (Å²) in [5.41, 5.74) is 4.92. The van der Waals surface area contributed by atoms with Crippen LogP contribution in [0.4, 0.5) is 0 Å². The number of hydrogen-bond acceptors (Lipinski definition) is 4. The lowest BCUT2D eigenvalue weighted by molar-refractivity contribution is 0.0810. The maximum absolute atomic E-state index is 11.4. The molecule has 0 amide bonds. The summed E-state index contributed by atoms with van der Waals surface area (Å²) in [6, 6.07) is 10.7. The Labute approximate surface area is 184 Å². The summed E-state index contributed by atoms with van der Waals surface area (Å²) in [4.78, 5) is 4.33. The summed E-state index contributed by atoms with van der Waals surface area (Å²) in [6.07, 6.45) is 12.2. The molecule has 5 heteroatoms. The molecule has 0 aliphatic heterocycles. The molecule has 31 heavy (non-hydrogen) atoms. The number of pyridine rings is 1. The van der Waals surface area contributed by atoms with E-state index in [1.807, 2.05) is 16.9 Å². The van der Waals surface area contributed by atoms with Gasteiger partial charge in [0.2, 0.25) is 0 Å². The Kier molecular flexibility index (Phi) is 5.97. The average Bonchev–Trinajstić information content (AvgIpc) is 3.55. The number of methoxy groups -OCH3 is 1. The zero-order valence-corrected chi connectivity index (χ0v) is 18.2. The van der Waals surface area contributed by atoms with Gasteiger partial charge < -0.3 is 19.0 Å². The van der Waals surface area contributed by atoms with E-state index in [1.165, 1.54) is 24.0 Å². The number of ether oxygens (including phenoxy) is 2. The minimum Gasteiger partial charge on any atom is -0.491 e. The number of imidazole rings is 1. The van der Waals surface area contributed by atoms with Gasteiger partial charge in [-0.05, 0) is 85.6 Å². The molecule has 0 saturated heterocycles. The molecular formula is C26H32N2O3. The Hall–Kier alpha value is -2.37. The third-order valence-electron chi connectivity index (χ3n) is 7.11. The molecule has 164 valence electrons. The molecule has 1 aromatic carbocycles. The van der Waals surface area contributed by atoms with Crippen molar-refractivity contribution in [2.24, 2.45) is 5.92 Å². The Morgan fingerprint density at radius 2 is 1.74 bits per heavy atom. The summed E-state index contributed by atoms with van der Waals surface area (Å²) in [7, 11) is 1.68. The van der Waals surface area contributed by atoms with Crippen LogP contribution in [0.2, 0.25) is 0 Å². The van der Waals surface area contributed by atoms with Crippen LogP contribution in [0.15, 0.2) is 49.1 Å². The van der Waals surface area contributed by atoms with Crippen molar-refractivity contribution >= 4 is 5.52 Å². The third kappa shape index (κ3) is 4.35. The zero-order chi connectivity index (χ0) is 21.2. The number of rotatable bonds is 8. The van der Waals surface area contributed by atoms with E-state index >= 15 is 0 Å². The molecule has 2 aliphatic rings. The summed E-state index contributed by atoms with van der Waals surface area (Å²) in [5, 5.41) is 11.4. The number of benzene rings is 1. The van der Waals surface area contributed by atoms with E-state index in [0.29, 0.717) is 31.0 Å². The van der Waals surface area contributed by atoms with Gasteiger partial charge in [-0.25, -0.2) is 4.98 Å². The number of aromatic nitrogens is 2. The fourth-order valence-corrected chi connectivity index (χ4v) is 5.19. The van der Waals surface area contributed by atoms with E-state index in [1.54, 1.807) is 7.11 Å². The molecule has 1 N–H and O–H groups in total. The quantitative estimate of drug-likeness (QED) is 0.506. The Morgan fingerprint density at radius 1 is 1.00 bits per heavy atom. The second-order valence-corrected chi connectivity index (χ2v) is 9.11. The average molecular weight is 421 g/mol. The van der Waals surface area contributed by atoms with Gasteiger partial charge in [0.15, 0.2) is 0 Å². The van der Waals surface area contributed by atoms with Gasteiger partial charge in [-0.15, -0.1) is 0 Å². The number of fused-ring (bicyclic) bond motifs is 1. The molecule has 0 bridgehead atoms. The molecule has 3 aromatic rings. The van der Waals surface area contributed by atoms with Crippen molar-refractivity contribution in [3.63, 3.8) is 0 Å². The minimum atomic E-state index is -0.409. The highest BCUT2D eigenvalue weighted by atomic mass is 16.5. The van der Waals surface area contributed by atoms with Crippen molar-refractivity contribution in [2.75, 3.05) is 20.3 Å². The van der Waals surface area contributed by atoms with Crippen molar-refractivity contribution in [3.8, 4) is 5.75 Å². The summed E-state index contributed by atoms with van der Waals surface area (Å²) in [6.45, 7) is 1.18. The van der Waals surface area contributed by atoms with Crippen LogP contribution in [-0.4, -0.2) is 34.8 Å². The van der Waals surface area contributed by atoms with Gasteiger partial charge in [-0.1, -0.05) is 12.1 Å². The summed E-state index contributed by atoms with van der Waals surface area (Å²) >= 11 is 0. The van der Waals surface area contributed by atoms with E-state index in [0.717, 1.165) is 42.5 Å². The monoisotopic (exact) mass is 420 g/mol.